The zero-order valence-electron chi connectivity index (χ0n) is 7.79. The number of hydrogen-bond donors (Lipinski definition) is 2. The number of aromatic amines is 1. The fourth-order valence-electron chi connectivity index (χ4n) is 0.947. The molecule has 70 valence electrons. The predicted molar refractivity (Wildman–Crippen MR) is 50.0 cm³/mol. The van der Waals surface area contributed by atoms with E-state index in [0.29, 0.717) is 6.54 Å². The van der Waals surface area contributed by atoms with Crippen molar-refractivity contribution in [1.82, 2.24) is 15.5 Å². The summed E-state index contributed by atoms with van der Waals surface area (Å²) < 4.78 is 0. The van der Waals surface area contributed by atoms with Gasteiger partial charge in [-0.1, -0.05) is 6.08 Å². The highest BCUT2D eigenvalue weighted by Gasteiger charge is 2.00. The van der Waals surface area contributed by atoms with Crippen LogP contribution in [-0.2, 0) is 11.3 Å². The predicted octanol–water partition coefficient (Wildman–Crippen LogP) is 0.910. The average Bonchev–Trinajstić information content (AvgIpc) is 2.48. The Morgan fingerprint density at radius 2 is 2.54 bits per heavy atom. The van der Waals surface area contributed by atoms with Crippen LogP contribution in [0.25, 0.3) is 0 Å². The second-order valence-corrected chi connectivity index (χ2v) is 2.74. The minimum Gasteiger partial charge on any atom is -0.348 e. The molecule has 0 aliphatic carbocycles. The molecule has 0 fully saturated rings. The maximum atomic E-state index is 11.0. The molecule has 1 rings (SSSR count). The van der Waals surface area contributed by atoms with Crippen LogP contribution in [0.5, 0.6) is 0 Å². The molecule has 1 heterocycles. The van der Waals surface area contributed by atoms with E-state index in [1.165, 1.54) is 6.08 Å². The summed E-state index contributed by atoms with van der Waals surface area (Å²) in [6, 6.07) is 0. The van der Waals surface area contributed by atoms with E-state index in [1.54, 1.807) is 12.3 Å². The maximum absolute atomic E-state index is 11.0. The first-order chi connectivity index (χ1) is 6.24. The summed E-state index contributed by atoms with van der Waals surface area (Å²) in [5.41, 5.74) is 2.00. The summed E-state index contributed by atoms with van der Waals surface area (Å²) >= 11 is 0. The molecule has 13 heavy (non-hydrogen) atoms. The molecular formula is C9H13N3O. The molecule has 4 heteroatoms. The number of nitrogens with one attached hydrogen (secondary N) is 2. The lowest BCUT2D eigenvalue weighted by Gasteiger charge is -1.99. The molecule has 0 unspecified atom stereocenters. The van der Waals surface area contributed by atoms with Crippen molar-refractivity contribution in [3.63, 3.8) is 0 Å². The molecule has 0 saturated heterocycles. The number of nitrogens with zero attached hydrogens (tertiary/aromatic N) is 1. The molecule has 0 saturated carbocycles. The van der Waals surface area contributed by atoms with Gasteiger partial charge in [0.2, 0.25) is 5.91 Å². The molecule has 0 atom stereocenters. The number of carbonyl (C=O) groups is 1. The minimum absolute atomic E-state index is 0.0805. The highest BCUT2D eigenvalue weighted by atomic mass is 16.1. The molecule has 1 amide bonds. The Kier molecular flexibility index (Phi) is 3.25. The van der Waals surface area contributed by atoms with Crippen LogP contribution in [0.2, 0.25) is 0 Å². The molecule has 0 spiro atoms. The van der Waals surface area contributed by atoms with Gasteiger partial charge in [-0.2, -0.15) is 5.10 Å². The van der Waals surface area contributed by atoms with Crippen molar-refractivity contribution in [3.8, 4) is 0 Å². The average molecular weight is 179 g/mol. The summed E-state index contributed by atoms with van der Waals surface area (Å²) in [6.45, 7) is 4.25. The Hall–Kier alpha value is -1.58. The molecule has 4 nitrogen and oxygen atoms in total. The van der Waals surface area contributed by atoms with Gasteiger partial charge in [-0.15, -0.1) is 0 Å². The Labute approximate surface area is 77.0 Å². The Morgan fingerprint density at radius 3 is 3.08 bits per heavy atom. The van der Waals surface area contributed by atoms with Gasteiger partial charge in [0.25, 0.3) is 0 Å². The van der Waals surface area contributed by atoms with Gasteiger partial charge in [-0.25, -0.2) is 0 Å². The van der Waals surface area contributed by atoms with Gasteiger partial charge in [0.05, 0.1) is 6.20 Å². The Morgan fingerprint density at radius 1 is 1.77 bits per heavy atom. The van der Waals surface area contributed by atoms with E-state index >= 15 is 0 Å². The number of amides is 1. The molecule has 0 aliphatic rings. The first kappa shape index (κ1) is 9.51. The van der Waals surface area contributed by atoms with Gasteiger partial charge in [0.1, 0.15) is 0 Å². The number of hydrogen-bond acceptors (Lipinski definition) is 2. The lowest BCUT2D eigenvalue weighted by molar-refractivity contribution is -0.116. The molecule has 0 aliphatic heterocycles. The standard InChI is InChI=1S/C9H13N3O/c1-3-4-9(13)10-5-8-6-11-12-7(8)2/h3-4,6H,5H2,1-2H3,(H,10,13)(H,11,12)/b4-3+. The molecule has 2 N–H and O–H groups in total. The fourth-order valence-corrected chi connectivity index (χ4v) is 0.947. The van der Waals surface area contributed by atoms with E-state index in [2.05, 4.69) is 15.5 Å². The first-order valence-electron chi connectivity index (χ1n) is 4.13. The summed E-state index contributed by atoms with van der Waals surface area (Å²) in [6.07, 6.45) is 4.91. The van der Waals surface area contributed by atoms with E-state index in [4.69, 9.17) is 0 Å². The van der Waals surface area contributed by atoms with Crippen LogP contribution in [-0.4, -0.2) is 16.1 Å². The minimum atomic E-state index is -0.0805. The van der Waals surface area contributed by atoms with E-state index < -0.39 is 0 Å². The van der Waals surface area contributed by atoms with Crippen molar-refractivity contribution in [1.29, 1.82) is 0 Å². The quantitative estimate of drug-likeness (QED) is 0.677. The summed E-state index contributed by atoms with van der Waals surface area (Å²) in [7, 11) is 0. The van der Waals surface area contributed by atoms with Crippen molar-refractivity contribution >= 4 is 5.91 Å². The first-order valence-corrected chi connectivity index (χ1v) is 4.13. The van der Waals surface area contributed by atoms with Gasteiger partial charge in [0.15, 0.2) is 0 Å². The van der Waals surface area contributed by atoms with E-state index in [0.717, 1.165) is 11.3 Å². The lowest BCUT2D eigenvalue weighted by Crippen LogP contribution is -2.20. The second-order valence-electron chi connectivity index (χ2n) is 2.74. The third-order valence-corrected chi connectivity index (χ3v) is 1.71. The smallest absolute Gasteiger partial charge is 0.243 e. The number of allylic oxidation sites excluding steroid dienone is 1. The number of aryl methyl sites for hydroxylation is 1. The van der Waals surface area contributed by atoms with E-state index in [1.807, 2.05) is 13.8 Å². The normalized spacial score (nSPS) is 10.6. The van der Waals surface area contributed by atoms with Gasteiger partial charge in [-0.05, 0) is 19.9 Å². The fraction of sp³-hybridized carbons (Fsp3) is 0.333. The third kappa shape index (κ3) is 2.74. The highest BCUT2D eigenvalue weighted by Crippen LogP contribution is 2.00. The molecule has 0 bridgehead atoms. The van der Waals surface area contributed by atoms with Crippen LogP contribution in [0.1, 0.15) is 18.2 Å². The highest BCUT2D eigenvalue weighted by molar-refractivity contribution is 5.87. The van der Waals surface area contributed by atoms with E-state index in [9.17, 15) is 4.79 Å². The zero-order valence-corrected chi connectivity index (χ0v) is 7.79. The van der Waals surface area contributed by atoms with Crippen molar-refractivity contribution in [3.05, 3.63) is 29.6 Å². The van der Waals surface area contributed by atoms with Crippen LogP contribution in [0.3, 0.4) is 0 Å². The van der Waals surface area contributed by atoms with Crippen LogP contribution in [0.4, 0.5) is 0 Å². The van der Waals surface area contributed by atoms with Crippen LogP contribution < -0.4 is 5.32 Å². The van der Waals surface area contributed by atoms with Crippen LogP contribution >= 0.6 is 0 Å². The van der Waals surface area contributed by atoms with Crippen molar-refractivity contribution in [2.45, 2.75) is 20.4 Å². The number of aromatic nitrogens is 2. The second kappa shape index (κ2) is 4.45. The number of rotatable bonds is 3. The summed E-state index contributed by atoms with van der Waals surface area (Å²) in [5, 5.41) is 9.40. The molecule has 1 aromatic rings. The number of H-pyrrole nitrogens is 1. The Bertz CT molecular complexity index is 314. The SMILES string of the molecule is C/C=C/C(=O)NCc1cn[nH]c1C. The van der Waals surface area contributed by atoms with Crippen LogP contribution in [0.15, 0.2) is 18.3 Å². The molecular weight excluding hydrogens is 166 g/mol. The topological polar surface area (TPSA) is 57.8 Å². The van der Waals surface area contributed by atoms with Gasteiger partial charge in [0, 0.05) is 17.8 Å². The van der Waals surface area contributed by atoms with Crippen molar-refractivity contribution < 1.29 is 4.79 Å². The summed E-state index contributed by atoms with van der Waals surface area (Å²) in [4.78, 5) is 11.0. The van der Waals surface area contributed by atoms with Gasteiger partial charge >= 0.3 is 0 Å². The van der Waals surface area contributed by atoms with E-state index in [-0.39, 0.29) is 5.91 Å². The zero-order chi connectivity index (χ0) is 9.68. The van der Waals surface area contributed by atoms with Crippen molar-refractivity contribution in [2.75, 3.05) is 0 Å². The molecule has 0 radical (unpaired) electrons. The molecule has 0 aromatic carbocycles. The third-order valence-electron chi connectivity index (χ3n) is 1.71. The molecule has 1 aromatic heterocycles. The maximum Gasteiger partial charge on any atom is 0.243 e. The van der Waals surface area contributed by atoms with Crippen LogP contribution in [0, 0.1) is 6.92 Å². The van der Waals surface area contributed by atoms with Crippen molar-refractivity contribution in [2.24, 2.45) is 0 Å². The monoisotopic (exact) mass is 179 g/mol. The Balaban J connectivity index is 2.44. The lowest BCUT2D eigenvalue weighted by atomic mass is 10.2. The van der Waals surface area contributed by atoms with Gasteiger partial charge in [-0.3, -0.25) is 9.89 Å². The number of carbonyl (C=O) groups excluding carboxylic acids is 1. The largest absolute Gasteiger partial charge is 0.348 e. The van der Waals surface area contributed by atoms with Gasteiger partial charge < -0.3 is 5.32 Å². The summed E-state index contributed by atoms with van der Waals surface area (Å²) in [5.74, 6) is -0.0805.